The Labute approximate surface area is 202 Å². The standard InChI is InChI=1S/C23H17BrN2OS2.BrH/c24-18-11-9-16(10-12-18)15-28-23-20(26-13-5-2-6-14-26)19(25)22(29-23)21(27)17-7-3-1-4-8-17;/h1-14H,15H2,(H-,25,27);1H. The van der Waals surface area contributed by atoms with Crippen molar-refractivity contribution in [2.75, 3.05) is 5.73 Å². The highest BCUT2D eigenvalue weighted by Crippen LogP contribution is 2.40. The molecule has 0 aliphatic heterocycles. The first kappa shape index (κ1) is 22.7. The number of ketones is 1. The molecule has 0 bridgehead atoms. The van der Waals surface area contributed by atoms with Gasteiger partial charge in [0, 0.05) is 27.9 Å². The van der Waals surface area contributed by atoms with E-state index in [4.69, 9.17) is 5.73 Å². The third-order valence-electron chi connectivity index (χ3n) is 4.39. The van der Waals surface area contributed by atoms with Gasteiger partial charge in [-0.25, -0.2) is 0 Å². The number of nitrogen functional groups attached to an aromatic ring is 1. The van der Waals surface area contributed by atoms with Gasteiger partial charge >= 0.3 is 0 Å². The van der Waals surface area contributed by atoms with E-state index in [-0.39, 0.29) is 22.8 Å². The van der Waals surface area contributed by atoms with E-state index in [1.165, 1.54) is 16.9 Å². The van der Waals surface area contributed by atoms with Crippen LogP contribution in [0.15, 0.2) is 93.9 Å². The predicted molar refractivity (Wildman–Crippen MR) is 124 cm³/mol. The first-order chi connectivity index (χ1) is 14.1. The van der Waals surface area contributed by atoms with Crippen molar-refractivity contribution in [2.24, 2.45) is 0 Å². The molecule has 30 heavy (non-hydrogen) atoms. The molecule has 0 spiro atoms. The van der Waals surface area contributed by atoms with Crippen LogP contribution in [0.5, 0.6) is 0 Å². The van der Waals surface area contributed by atoms with Gasteiger partial charge in [0.25, 0.3) is 5.69 Å². The van der Waals surface area contributed by atoms with Gasteiger partial charge in [0.15, 0.2) is 12.4 Å². The Morgan fingerprint density at radius 2 is 1.60 bits per heavy atom. The number of anilines is 1. The van der Waals surface area contributed by atoms with Crippen LogP contribution in [0.1, 0.15) is 20.8 Å². The van der Waals surface area contributed by atoms with Gasteiger partial charge in [-0.2, -0.15) is 4.57 Å². The van der Waals surface area contributed by atoms with Gasteiger partial charge < -0.3 is 22.7 Å². The number of rotatable bonds is 6. The number of hydrogen-bond acceptors (Lipinski definition) is 4. The predicted octanol–water partition coefficient (Wildman–Crippen LogP) is 2.90. The second kappa shape index (κ2) is 10.4. The molecule has 0 aliphatic rings. The van der Waals surface area contributed by atoms with Crippen LogP contribution in [0.3, 0.4) is 0 Å². The number of carbonyl (C=O) groups excluding carboxylic acids is 1. The third kappa shape index (κ3) is 5.03. The summed E-state index contributed by atoms with van der Waals surface area (Å²) in [5, 5.41) is 0. The number of benzene rings is 2. The molecule has 0 atom stereocenters. The third-order valence-corrected chi connectivity index (χ3v) is 7.44. The van der Waals surface area contributed by atoms with Crippen LogP contribution in [-0.4, -0.2) is 5.78 Å². The summed E-state index contributed by atoms with van der Waals surface area (Å²) in [6.45, 7) is 0. The van der Waals surface area contributed by atoms with E-state index in [2.05, 4.69) is 28.1 Å². The van der Waals surface area contributed by atoms with Crippen LogP contribution < -0.4 is 27.3 Å². The van der Waals surface area contributed by atoms with Gasteiger partial charge in [0.1, 0.15) is 14.8 Å². The number of thiophene rings is 1. The number of nitrogens with zero attached hydrogens (tertiary/aromatic N) is 1. The number of pyridine rings is 1. The van der Waals surface area contributed by atoms with Gasteiger partial charge in [-0.15, -0.1) is 23.1 Å². The summed E-state index contributed by atoms with van der Waals surface area (Å²) in [7, 11) is 0. The summed E-state index contributed by atoms with van der Waals surface area (Å²) in [4.78, 5) is 13.7. The van der Waals surface area contributed by atoms with Crippen molar-refractivity contribution in [3.05, 3.63) is 106 Å². The van der Waals surface area contributed by atoms with E-state index in [0.29, 0.717) is 16.1 Å². The molecular formula is C23H18Br2N2OS2. The Kier molecular flexibility index (Phi) is 7.88. The summed E-state index contributed by atoms with van der Waals surface area (Å²) in [5.41, 5.74) is 9.77. The maximum absolute atomic E-state index is 13.1. The summed E-state index contributed by atoms with van der Waals surface area (Å²) in [5.74, 6) is 0.758. The zero-order valence-corrected chi connectivity index (χ0v) is 20.6. The van der Waals surface area contributed by atoms with Crippen LogP contribution >= 0.6 is 39.0 Å². The number of carbonyl (C=O) groups is 1. The number of aromatic nitrogens is 1. The fourth-order valence-electron chi connectivity index (χ4n) is 2.92. The highest BCUT2D eigenvalue weighted by atomic mass is 79.9. The minimum Gasteiger partial charge on any atom is -1.00 e. The van der Waals surface area contributed by atoms with Crippen molar-refractivity contribution in [1.29, 1.82) is 0 Å². The Balaban J connectivity index is 0.00000256. The topological polar surface area (TPSA) is 47.0 Å². The van der Waals surface area contributed by atoms with Crippen molar-refractivity contribution in [2.45, 2.75) is 9.96 Å². The molecule has 0 saturated carbocycles. The highest BCUT2D eigenvalue weighted by molar-refractivity contribution is 9.10. The molecule has 2 N–H and O–H groups in total. The molecule has 0 saturated heterocycles. The number of hydrogen-bond donors (Lipinski definition) is 1. The molecule has 152 valence electrons. The quantitative estimate of drug-likeness (QED) is 0.224. The lowest BCUT2D eigenvalue weighted by Gasteiger charge is -2.02. The van der Waals surface area contributed by atoms with Gasteiger partial charge in [0.2, 0.25) is 5.78 Å². The first-order valence-electron chi connectivity index (χ1n) is 8.99. The number of halogens is 2. The summed E-state index contributed by atoms with van der Waals surface area (Å²) < 4.78 is 4.07. The summed E-state index contributed by atoms with van der Waals surface area (Å²) in [6.07, 6.45) is 3.91. The maximum atomic E-state index is 13.1. The normalized spacial score (nSPS) is 10.4. The van der Waals surface area contributed by atoms with Crippen molar-refractivity contribution < 1.29 is 26.3 Å². The molecule has 3 nitrogen and oxygen atoms in total. The van der Waals surface area contributed by atoms with Crippen LogP contribution in [0.2, 0.25) is 0 Å². The fourth-order valence-corrected chi connectivity index (χ4v) is 5.61. The van der Waals surface area contributed by atoms with Crippen LogP contribution in [0.25, 0.3) is 5.69 Å². The van der Waals surface area contributed by atoms with E-state index in [0.717, 1.165) is 20.1 Å². The maximum Gasteiger partial charge on any atom is 0.259 e. The van der Waals surface area contributed by atoms with E-state index >= 15 is 0 Å². The summed E-state index contributed by atoms with van der Waals surface area (Å²) >= 11 is 6.64. The molecule has 0 unspecified atom stereocenters. The SMILES string of the molecule is Nc1c(C(=O)c2ccccc2)sc(SCc2ccc(Br)cc2)c1-[n+]1ccccc1.[Br-]. The van der Waals surface area contributed by atoms with Crippen molar-refractivity contribution in [3.8, 4) is 5.69 Å². The Hall–Kier alpha value is -1.93. The molecule has 4 rings (SSSR count). The lowest BCUT2D eigenvalue weighted by atomic mass is 10.1. The van der Waals surface area contributed by atoms with E-state index in [9.17, 15) is 4.79 Å². The highest BCUT2D eigenvalue weighted by Gasteiger charge is 2.28. The average Bonchev–Trinajstić information content (AvgIpc) is 3.10. The van der Waals surface area contributed by atoms with Gasteiger partial charge in [0.05, 0.1) is 0 Å². The molecule has 2 aromatic carbocycles. The lowest BCUT2D eigenvalue weighted by Crippen LogP contribution is -3.00. The molecular weight excluding hydrogens is 544 g/mol. The number of thioether (sulfide) groups is 1. The Morgan fingerprint density at radius 1 is 0.967 bits per heavy atom. The second-order valence-corrected chi connectivity index (χ2v) is 9.55. The summed E-state index contributed by atoms with van der Waals surface area (Å²) in [6, 6.07) is 23.4. The van der Waals surface area contributed by atoms with Gasteiger partial charge in [-0.05, 0) is 17.7 Å². The Bertz CT molecular complexity index is 1130. The minimum absolute atomic E-state index is 0. The smallest absolute Gasteiger partial charge is 0.259 e. The molecule has 7 heteroatoms. The van der Waals surface area contributed by atoms with Crippen molar-refractivity contribution in [3.63, 3.8) is 0 Å². The molecule has 0 radical (unpaired) electrons. The molecule has 0 aliphatic carbocycles. The minimum atomic E-state index is -0.0404. The second-order valence-electron chi connectivity index (χ2n) is 6.37. The van der Waals surface area contributed by atoms with Gasteiger partial charge in [-0.3, -0.25) is 4.79 Å². The van der Waals surface area contributed by atoms with Crippen LogP contribution in [0.4, 0.5) is 5.69 Å². The van der Waals surface area contributed by atoms with Gasteiger partial charge in [-0.1, -0.05) is 64.5 Å². The molecule has 0 fully saturated rings. The van der Waals surface area contributed by atoms with Crippen LogP contribution in [0, 0.1) is 0 Å². The molecule has 2 aromatic heterocycles. The van der Waals surface area contributed by atoms with Crippen molar-refractivity contribution >= 4 is 50.5 Å². The molecule has 0 amide bonds. The average molecular weight is 562 g/mol. The molecule has 4 aromatic rings. The zero-order valence-electron chi connectivity index (χ0n) is 15.8. The fraction of sp³-hybridized carbons (Fsp3) is 0.0435. The number of nitrogens with two attached hydrogens (primary N) is 1. The zero-order chi connectivity index (χ0) is 20.2. The van der Waals surface area contributed by atoms with Crippen molar-refractivity contribution in [1.82, 2.24) is 0 Å². The molecule has 2 heterocycles. The monoisotopic (exact) mass is 560 g/mol. The van der Waals surface area contributed by atoms with E-state index in [1.54, 1.807) is 11.8 Å². The van der Waals surface area contributed by atoms with Crippen LogP contribution in [-0.2, 0) is 5.75 Å². The first-order valence-corrected chi connectivity index (χ1v) is 11.6. The largest absolute Gasteiger partial charge is 1.00 e. The lowest BCUT2D eigenvalue weighted by molar-refractivity contribution is -0.596. The van der Waals surface area contributed by atoms with E-state index < -0.39 is 0 Å². The Morgan fingerprint density at radius 3 is 2.27 bits per heavy atom. The van der Waals surface area contributed by atoms with E-state index in [1.807, 2.05) is 77.6 Å².